The molecule has 0 bridgehead atoms. The fraction of sp³-hybridized carbons (Fsp3) is 0.143. The van der Waals surface area contributed by atoms with E-state index in [-0.39, 0.29) is 22.8 Å². The van der Waals surface area contributed by atoms with Crippen LogP contribution in [-0.4, -0.2) is 24.7 Å². The van der Waals surface area contributed by atoms with Gasteiger partial charge in [0.05, 0.1) is 12.1 Å². The van der Waals surface area contributed by atoms with Crippen LogP contribution in [0.3, 0.4) is 0 Å². The van der Waals surface area contributed by atoms with Crippen molar-refractivity contribution in [2.45, 2.75) is 18.2 Å². The molecule has 0 aliphatic rings. The van der Waals surface area contributed by atoms with Crippen LogP contribution in [0.25, 0.3) is 10.8 Å². The summed E-state index contributed by atoms with van der Waals surface area (Å²) in [5.74, 6) is -0.982. The Balaban J connectivity index is 2.59. The number of Topliss-reactive ketones (excluding diaryl/α,β-unsaturated/α-hetero) is 1. The van der Waals surface area contributed by atoms with Crippen LogP contribution in [0.4, 0.5) is 5.69 Å². The fourth-order valence-corrected chi connectivity index (χ4v) is 2.90. The van der Waals surface area contributed by atoms with Crippen molar-refractivity contribution in [3.05, 3.63) is 36.4 Å². The Morgan fingerprint density at radius 2 is 1.81 bits per heavy atom. The van der Waals surface area contributed by atoms with Crippen molar-refractivity contribution in [3.8, 4) is 0 Å². The Morgan fingerprint density at radius 1 is 1.14 bits per heavy atom. The first kappa shape index (κ1) is 15.1. The summed E-state index contributed by atoms with van der Waals surface area (Å²) in [6, 6.07) is 9.56. The van der Waals surface area contributed by atoms with Gasteiger partial charge in [0.1, 0.15) is 10.7 Å². The Kier molecular flexibility index (Phi) is 4.06. The minimum atomic E-state index is -4.53. The lowest BCUT2D eigenvalue weighted by molar-refractivity contribution is -0.124. The predicted octanol–water partition coefficient (Wildman–Crippen LogP) is 2.00. The van der Waals surface area contributed by atoms with Crippen LogP contribution in [0.15, 0.2) is 41.3 Å². The lowest BCUT2D eigenvalue weighted by Gasteiger charge is -2.11. The van der Waals surface area contributed by atoms with Gasteiger partial charge in [0.25, 0.3) is 10.1 Å². The number of hydrogen-bond donors (Lipinski definition) is 2. The van der Waals surface area contributed by atoms with E-state index in [2.05, 4.69) is 5.32 Å². The van der Waals surface area contributed by atoms with E-state index in [0.29, 0.717) is 10.8 Å². The maximum absolute atomic E-state index is 11.6. The van der Waals surface area contributed by atoms with E-state index < -0.39 is 16.0 Å². The summed E-state index contributed by atoms with van der Waals surface area (Å²) >= 11 is 0. The van der Waals surface area contributed by atoms with Crippen LogP contribution in [0, 0.1) is 0 Å². The van der Waals surface area contributed by atoms with Crippen LogP contribution in [0.5, 0.6) is 0 Å². The lowest BCUT2D eigenvalue weighted by atomic mass is 10.1. The number of hydrogen-bond acceptors (Lipinski definition) is 4. The molecule has 0 heterocycles. The highest BCUT2D eigenvalue weighted by atomic mass is 32.2. The summed E-state index contributed by atoms with van der Waals surface area (Å²) in [5.41, 5.74) is -0.0533. The molecular weight excluding hydrogens is 294 g/mol. The van der Waals surface area contributed by atoms with E-state index in [1.165, 1.54) is 19.1 Å². The summed E-state index contributed by atoms with van der Waals surface area (Å²) < 4.78 is 32.6. The van der Waals surface area contributed by atoms with Gasteiger partial charge in [0, 0.05) is 5.39 Å². The normalized spacial score (nSPS) is 11.3. The van der Waals surface area contributed by atoms with Gasteiger partial charge in [-0.1, -0.05) is 30.3 Å². The monoisotopic (exact) mass is 307 g/mol. The van der Waals surface area contributed by atoms with Crippen molar-refractivity contribution in [1.82, 2.24) is 0 Å². The Bertz CT molecular complexity index is 826. The van der Waals surface area contributed by atoms with Crippen molar-refractivity contribution in [2.75, 3.05) is 5.32 Å². The van der Waals surface area contributed by atoms with E-state index in [0.717, 1.165) is 0 Å². The number of fused-ring (bicyclic) bond motifs is 1. The second-order valence-corrected chi connectivity index (χ2v) is 5.92. The molecule has 1 amide bonds. The minimum Gasteiger partial charge on any atom is -0.324 e. The molecule has 21 heavy (non-hydrogen) atoms. The van der Waals surface area contributed by atoms with Crippen molar-refractivity contribution < 1.29 is 22.6 Å². The van der Waals surface area contributed by atoms with E-state index in [4.69, 9.17) is 0 Å². The predicted molar refractivity (Wildman–Crippen MR) is 77.7 cm³/mol. The quantitative estimate of drug-likeness (QED) is 0.664. The maximum atomic E-state index is 11.6. The van der Waals surface area contributed by atoms with Crippen molar-refractivity contribution in [3.63, 3.8) is 0 Å². The molecule has 2 aromatic carbocycles. The second-order valence-electron chi connectivity index (χ2n) is 4.57. The zero-order chi connectivity index (χ0) is 15.6. The van der Waals surface area contributed by atoms with E-state index in [1.807, 2.05) is 0 Å². The molecule has 0 aromatic heterocycles. The third-order valence-corrected chi connectivity index (χ3v) is 3.78. The number of amides is 1. The first-order valence-electron chi connectivity index (χ1n) is 6.07. The lowest BCUT2D eigenvalue weighted by Crippen LogP contribution is -2.17. The molecule has 0 fully saturated rings. The zero-order valence-electron chi connectivity index (χ0n) is 11.2. The smallest absolute Gasteiger partial charge is 0.297 e. The highest BCUT2D eigenvalue weighted by molar-refractivity contribution is 7.86. The van der Waals surface area contributed by atoms with Crippen LogP contribution in [0.2, 0.25) is 0 Å². The Morgan fingerprint density at radius 3 is 2.43 bits per heavy atom. The van der Waals surface area contributed by atoms with Gasteiger partial charge in [0.2, 0.25) is 5.91 Å². The third-order valence-electron chi connectivity index (χ3n) is 2.82. The molecule has 0 aliphatic heterocycles. The standard InChI is InChI=1S/C14H13NO5S/c1-9(16)8-13(17)15-12-7-6-10-4-2-3-5-11(10)14(12)21(18,19)20/h2-7H,8H2,1H3,(H,15,17)(H,18,19,20). The number of benzene rings is 2. The highest BCUT2D eigenvalue weighted by Crippen LogP contribution is 2.30. The highest BCUT2D eigenvalue weighted by Gasteiger charge is 2.20. The average molecular weight is 307 g/mol. The molecular formula is C14H13NO5S. The van der Waals surface area contributed by atoms with Crippen molar-refractivity contribution in [1.29, 1.82) is 0 Å². The fourth-order valence-electron chi connectivity index (χ4n) is 2.04. The minimum absolute atomic E-state index is 0.0533. The summed E-state index contributed by atoms with van der Waals surface area (Å²) in [5, 5.41) is 3.24. The molecule has 0 radical (unpaired) electrons. The zero-order valence-corrected chi connectivity index (χ0v) is 12.0. The van der Waals surface area contributed by atoms with E-state index in [9.17, 15) is 22.6 Å². The summed E-state index contributed by atoms with van der Waals surface area (Å²) in [6.07, 6.45) is -0.363. The molecule has 7 heteroatoms. The van der Waals surface area contributed by atoms with Gasteiger partial charge in [-0.15, -0.1) is 0 Å². The second kappa shape index (κ2) is 5.63. The topological polar surface area (TPSA) is 101 Å². The number of carbonyl (C=O) groups excluding carboxylic acids is 2. The maximum Gasteiger partial charge on any atom is 0.297 e. The largest absolute Gasteiger partial charge is 0.324 e. The van der Waals surface area contributed by atoms with Crippen LogP contribution < -0.4 is 5.32 Å². The number of nitrogens with one attached hydrogen (secondary N) is 1. The molecule has 2 N–H and O–H groups in total. The van der Waals surface area contributed by atoms with Gasteiger partial charge >= 0.3 is 0 Å². The summed E-state index contributed by atoms with van der Waals surface area (Å²) in [4.78, 5) is 22.2. The number of carbonyl (C=O) groups is 2. The molecule has 110 valence electrons. The average Bonchev–Trinajstić information content (AvgIpc) is 2.35. The first-order valence-corrected chi connectivity index (χ1v) is 7.51. The van der Waals surface area contributed by atoms with Gasteiger partial charge in [-0.25, -0.2) is 0 Å². The molecule has 0 saturated carbocycles. The van der Waals surface area contributed by atoms with Crippen LogP contribution >= 0.6 is 0 Å². The van der Waals surface area contributed by atoms with Crippen LogP contribution in [-0.2, 0) is 19.7 Å². The van der Waals surface area contributed by atoms with Gasteiger partial charge in [0.15, 0.2) is 0 Å². The Hall–Kier alpha value is -2.25. The molecule has 2 aromatic rings. The van der Waals surface area contributed by atoms with Crippen molar-refractivity contribution >= 4 is 38.3 Å². The van der Waals surface area contributed by atoms with Gasteiger partial charge in [-0.2, -0.15) is 8.42 Å². The number of anilines is 1. The molecule has 0 unspecified atom stereocenters. The molecule has 0 atom stereocenters. The summed E-state index contributed by atoms with van der Waals surface area (Å²) in [7, 11) is -4.53. The molecule has 2 rings (SSSR count). The number of rotatable bonds is 4. The van der Waals surface area contributed by atoms with Gasteiger partial charge < -0.3 is 5.32 Å². The molecule has 0 aliphatic carbocycles. The van der Waals surface area contributed by atoms with E-state index in [1.54, 1.807) is 24.3 Å². The molecule has 0 saturated heterocycles. The van der Waals surface area contributed by atoms with Gasteiger partial charge in [-0.05, 0) is 18.4 Å². The van der Waals surface area contributed by atoms with Crippen molar-refractivity contribution in [2.24, 2.45) is 0 Å². The number of ketones is 1. The van der Waals surface area contributed by atoms with Gasteiger partial charge in [-0.3, -0.25) is 14.1 Å². The first-order chi connectivity index (χ1) is 9.79. The van der Waals surface area contributed by atoms with E-state index >= 15 is 0 Å². The summed E-state index contributed by atoms with van der Waals surface area (Å²) in [6.45, 7) is 1.25. The SMILES string of the molecule is CC(=O)CC(=O)Nc1ccc2ccccc2c1S(=O)(=O)O. The molecule has 6 nitrogen and oxygen atoms in total. The Labute approximate surface area is 121 Å². The van der Waals surface area contributed by atoms with Crippen LogP contribution in [0.1, 0.15) is 13.3 Å². The molecule has 0 spiro atoms. The third kappa shape index (κ3) is 3.45.